The first-order valence-corrected chi connectivity index (χ1v) is 11.3. The lowest BCUT2D eigenvalue weighted by atomic mass is 9.92. The molecule has 0 aliphatic heterocycles. The SMILES string of the molecule is [2H]C(C)(c1ccccc1)c1ccc2oc3c(-c4cccc(-c5ccccc5)c4)cccc3c2c1. The summed E-state index contributed by atoms with van der Waals surface area (Å²) >= 11 is 0. The van der Waals surface area contributed by atoms with Crippen molar-refractivity contribution in [2.45, 2.75) is 12.8 Å². The predicted molar refractivity (Wildman–Crippen MR) is 139 cm³/mol. The maximum Gasteiger partial charge on any atom is 0.143 e. The van der Waals surface area contributed by atoms with Crippen LogP contribution in [0.15, 0.2) is 126 Å². The van der Waals surface area contributed by atoms with Crippen LogP contribution in [0.5, 0.6) is 0 Å². The van der Waals surface area contributed by atoms with Crippen molar-refractivity contribution < 1.29 is 5.79 Å². The second-order valence-electron chi connectivity index (χ2n) is 8.43. The van der Waals surface area contributed by atoms with Gasteiger partial charge < -0.3 is 4.42 Å². The van der Waals surface area contributed by atoms with Crippen LogP contribution >= 0.6 is 0 Å². The van der Waals surface area contributed by atoms with E-state index in [1.807, 2.05) is 55.5 Å². The summed E-state index contributed by atoms with van der Waals surface area (Å²) in [5.41, 5.74) is 8.22. The highest BCUT2D eigenvalue weighted by Gasteiger charge is 2.15. The lowest BCUT2D eigenvalue weighted by Crippen LogP contribution is -1.95. The normalized spacial score (nSPS) is 13.7. The maximum absolute atomic E-state index is 9.10. The maximum atomic E-state index is 9.10. The van der Waals surface area contributed by atoms with Gasteiger partial charge in [0.25, 0.3) is 0 Å². The van der Waals surface area contributed by atoms with Crippen LogP contribution in [0.25, 0.3) is 44.2 Å². The van der Waals surface area contributed by atoms with Crippen molar-refractivity contribution in [1.82, 2.24) is 0 Å². The molecule has 0 saturated carbocycles. The zero-order valence-corrected chi connectivity index (χ0v) is 18.5. The summed E-state index contributed by atoms with van der Waals surface area (Å²) in [6.07, 6.45) is 0. The van der Waals surface area contributed by atoms with Gasteiger partial charge in [-0.3, -0.25) is 0 Å². The van der Waals surface area contributed by atoms with E-state index < -0.39 is 5.89 Å². The highest BCUT2D eigenvalue weighted by molar-refractivity contribution is 6.09. The van der Waals surface area contributed by atoms with Gasteiger partial charge in [-0.05, 0) is 46.0 Å². The van der Waals surface area contributed by atoms with E-state index in [0.717, 1.165) is 44.2 Å². The average Bonchev–Trinajstić information content (AvgIpc) is 3.28. The Bertz CT molecular complexity index is 1610. The second kappa shape index (κ2) is 8.11. The van der Waals surface area contributed by atoms with Crippen LogP contribution in [-0.4, -0.2) is 0 Å². The zero-order valence-electron chi connectivity index (χ0n) is 19.5. The molecule has 1 heteroatoms. The first-order valence-electron chi connectivity index (χ1n) is 11.8. The Morgan fingerprint density at radius 3 is 2.09 bits per heavy atom. The van der Waals surface area contributed by atoms with Gasteiger partial charge in [-0.2, -0.15) is 0 Å². The van der Waals surface area contributed by atoms with Gasteiger partial charge in [0.05, 0.1) is 0 Å². The summed E-state index contributed by atoms with van der Waals surface area (Å²) < 4.78 is 15.5. The molecule has 1 unspecified atom stereocenters. The van der Waals surface area contributed by atoms with E-state index in [2.05, 4.69) is 72.8 Å². The fourth-order valence-corrected chi connectivity index (χ4v) is 4.61. The van der Waals surface area contributed by atoms with Crippen molar-refractivity contribution >= 4 is 21.9 Å². The summed E-state index contributed by atoms with van der Waals surface area (Å²) in [5, 5.41) is 2.12. The van der Waals surface area contributed by atoms with E-state index in [-0.39, 0.29) is 0 Å². The number of hydrogen-bond donors (Lipinski definition) is 0. The van der Waals surface area contributed by atoms with Crippen molar-refractivity contribution in [3.63, 3.8) is 0 Å². The topological polar surface area (TPSA) is 13.1 Å². The number of rotatable bonds is 4. The number of para-hydroxylation sites is 1. The molecule has 6 aromatic rings. The van der Waals surface area contributed by atoms with Crippen LogP contribution in [0.1, 0.15) is 25.3 Å². The monoisotopic (exact) mass is 425 g/mol. The highest BCUT2D eigenvalue weighted by Crippen LogP contribution is 2.38. The van der Waals surface area contributed by atoms with Gasteiger partial charge in [0.2, 0.25) is 0 Å². The van der Waals surface area contributed by atoms with Gasteiger partial charge in [0.15, 0.2) is 0 Å². The first kappa shape index (κ1) is 18.5. The first-order chi connectivity index (χ1) is 16.6. The van der Waals surface area contributed by atoms with Crippen molar-refractivity contribution in [2.75, 3.05) is 0 Å². The molecule has 0 N–H and O–H groups in total. The molecule has 1 atom stereocenters. The Morgan fingerprint density at radius 2 is 1.27 bits per heavy atom. The average molecular weight is 426 g/mol. The number of fused-ring (bicyclic) bond motifs is 3. The van der Waals surface area contributed by atoms with Crippen LogP contribution in [0.2, 0.25) is 0 Å². The molecule has 158 valence electrons. The largest absolute Gasteiger partial charge is 0.455 e. The molecule has 1 aromatic heterocycles. The van der Waals surface area contributed by atoms with Crippen molar-refractivity contribution in [3.8, 4) is 22.3 Å². The summed E-state index contributed by atoms with van der Waals surface area (Å²) in [5.74, 6) is -0.847. The minimum Gasteiger partial charge on any atom is -0.455 e. The Hall–Kier alpha value is -4.10. The van der Waals surface area contributed by atoms with Crippen LogP contribution in [0, 0.1) is 0 Å². The lowest BCUT2D eigenvalue weighted by molar-refractivity contribution is 0.669. The van der Waals surface area contributed by atoms with Gasteiger partial charge in [-0.1, -0.05) is 110 Å². The van der Waals surface area contributed by atoms with Crippen LogP contribution in [0.3, 0.4) is 0 Å². The summed E-state index contributed by atoms with van der Waals surface area (Å²) in [4.78, 5) is 0. The summed E-state index contributed by atoms with van der Waals surface area (Å²) in [7, 11) is 0. The molecule has 0 aliphatic rings. The molecule has 0 saturated heterocycles. The van der Waals surface area contributed by atoms with E-state index in [1.54, 1.807) is 0 Å². The molecule has 1 nitrogen and oxygen atoms in total. The van der Waals surface area contributed by atoms with Crippen molar-refractivity contribution in [3.05, 3.63) is 132 Å². The van der Waals surface area contributed by atoms with Gasteiger partial charge in [-0.25, -0.2) is 0 Å². The van der Waals surface area contributed by atoms with Crippen molar-refractivity contribution in [1.29, 1.82) is 0 Å². The lowest BCUT2D eigenvalue weighted by Gasteiger charge is -2.12. The standard InChI is InChI=1S/C32H24O/c1-22(23-10-4-2-5-11-23)25-18-19-31-30(21-25)29-17-9-16-28(32(29)33-31)27-15-8-14-26(20-27)24-12-6-3-7-13-24/h2-22H,1H3/i22D. The highest BCUT2D eigenvalue weighted by atomic mass is 16.3. The molecule has 0 radical (unpaired) electrons. The van der Waals surface area contributed by atoms with Gasteiger partial charge >= 0.3 is 0 Å². The van der Waals surface area contributed by atoms with Gasteiger partial charge in [-0.15, -0.1) is 0 Å². The Kier molecular flexibility index (Phi) is 4.54. The van der Waals surface area contributed by atoms with E-state index >= 15 is 0 Å². The molecule has 0 amide bonds. The van der Waals surface area contributed by atoms with Crippen LogP contribution in [-0.2, 0) is 0 Å². The minimum atomic E-state index is -0.847. The Balaban J connectivity index is 1.49. The molecular formula is C32H24O. The van der Waals surface area contributed by atoms with E-state index in [1.165, 1.54) is 11.1 Å². The molecule has 0 spiro atoms. The summed E-state index contributed by atoms with van der Waals surface area (Å²) in [6, 6.07) is 41.5. The molecule has 0 fully saturated rings. The number of hydrogen-bond acceptors (Lipinski definition) is 1. The quantitative estimate of drug-likeness (QED) is 0.274. The fraction of sp³-hybridized carbons (Fsp3) is 0.0625. The third kappa shape index (κ3) is 3.52. The molecule has 6 rings (SSSR count). The fourth-order valence-electron chi connectivity index (χ4n) is 4.61. The Labute approximate surface area is 195 Å². The molecule has 1 heterocycles. The van der Waals surface area contributed by atoms with E-state index in [4.69, 9.17) is 5.79 Å². The molecule has 0 bridgehead atoms. The van der Waals surface area contributed by atoms with Crippen molar-refractivity contribution in [2.24, 2.45) is 0 Å². The zero-order chi connectivity index (χ0) is 23.1. The van der Waals surface area contributed by atoms with Gasteiger partial charge in [0, 0.05) is 23.6 Å². The van der Waals surface area contributed by atoms with E-state index in [0.29, 0.717) is 0 Å². The third-order valence-electron chi connectivity index (χ3n) is 6.42. The second-order valence-corrected chi connectivity index (χ2v) is 8.43. The molecule has 5 aromatic carbocycles. The summed E-state index contributed by atoms with van der Waals surface area (Å²) in [6.45, 7) is 1.95. The smallest absolute Gasteiger partial charge is 0.143 e. The molecule has 33 heavy (non-hydrogen) atoms. The Morgan fingerprint density at radius 1 is 0.576 bits per heavy atom. The van der Waals surface area contributed by atoms with Gasteiger partial charge in [0.1, 0.15) is 11.2 Å². The minimum absolute atomic E-state index is 0.842. The number of benzene rings is 5. The van der Waals surface area contributed by atoms with Crippen LogP contribution in [0.4, 0.5) is 0 Å². The van der Waals surface area contributed by atoms with E-state index in [9.17, 15) is 0 Å². The van der Waals surface area contributed by atoms with Crippen LogP contribution < -0.4 is 0 Å². The molecule has 0 aliphatic carbocycles. The number of furan rings is 1. The predicted octanol–water partition coefficient (Wildman–Crippen LogP) is 9.07. The molecular weight excluding hydrogens is 400 g/mol. The third-order valence-corrected chi connectivity index (χ3v) is 6.42.